The lowest BCUT2D eigenvalue weighted by Gasteiger charge is -2.29. The third-order valence-corrected chi connectivity index (χ3v) is 7.53. The summed E-state index contributed by atoms with van der Waals surface area (Å²) in [6, 6.07) is 11.9. The molecule has 0 aliphatic carbocycles. The average molecular weight is 530 g/mol. The Balaban J connectivity index is 2.01. The number of thiazole rings is 1. The maximum Gasteiger partial charge on any atom is 0.271 e. The predicted molar refractivity (Wildman–Crippen MR) is 141 cm³/mol. The number of benzene rings is 2. The second kappa shape index (κ2) is 10.4. The van der Waals surface area contributed by atoms with E-state index in [2.05, 4.69) is 4.99 Å². The van der Waals surface area contributed by atoms with Gasteiger partial charge in [-0.25, -0.2) is 4.99 Å². The van der Waals surface area contributed by atoms with Gasteiger partial charge in [-0.1, -0.05) is 58.8 Å². The van der Waals surface area contributed by atoms with Crippen molar-refractivity contribution in [3.05, 3.63) is 94.6 Å². The number of halogens is 2. The van der Waals surface area contributed by atoms with Gasteiger partial charge in [0.05, 0.1) is 22.9 Å². The number of hydrogen-bond donors (Lipinski definition) is 0. The number of para-hydroxylation sites is 1. The minimum Gasteiger partial charge on any atom is -0.496 e. The van der Waals surface area contributed by atoms with Gasteiger partial charge in [0.2, 0.25) is 0 Å². The maximum absolute atomic E-state index is 13.8. The smallest absolute Gasteiger partial charge is 0.271 e. The summed E-state index contributed by atoms with van der Waals surface area (Å²) in [6.07, 6.45) is 1.73. The summed E-state index contributed by atoms with van der Waals surface area (Å²) in [4.78, 5) is 34.4. The number of carbonyl (C=O) groups is 1. The Labute approximate surface area is 217 Å². The van der Waals surface area contributed by atoms with Gasteiger partial charge in [-0.15, -0.1) is 0 Å². The highest BCUT2D eigenvalue weighted by atomic mass is 35.5. The Morgan fingerprint density at radius 1 is 1.20 bits per heavy atom. The Hall–Kier alpha value is -2.87. The van der Waals surface area contributed by atoms with Crippen molar-refractivity contribution in [3.8, 4) is 5.75 Å². The molecule has 0 radical (unpaired) electrons. The van der Waals surface area contributed by atoms with Crippen LogP contribution in [0.2, 0.25) is 10.0 Å². The molecule has 6 nitrogen and oxygen atoms in total. The summed E-state index contributed by atoms with van der Waals surface area (Å²) in [7, 11) is 1.58. The van der Waals surface area contributed by atoms with Crippen LogP contribution in [0.4, 0.5) is 0 Å². The number of hydrogen-bond acceptors (Lipinski definition) is 5. The van der Waals surface area contributed by atoms with Crippen LogP contribution in [0.5, 0.6) is 5.75 Å². The minimum absolute atomic E-state index is 0.151. The van der Waals surface area contributed by atoms with E-state index in [0.717, 1.165) is 5.56 Å². The number of methoxy groups -OCH3 is 1. The number of nitrogens with zero attached hydrogens (tertiary/aromatic N) is 3. The molecule has 0 fully saturated rings. The fraction of sp³-hybridized carbons (Fsp3) is 0.269. The third kappa shape index (κ3) is 4.68. The number of allylic oxidation sites excluding steroid dienone is 1. The monoisotopic (exact) mass is 529 g/mol. The summed E-state index contributed by atoms with van der Waals surface area (Å²) in [5.41, 5.74) is 2.17. The van der Waals surface area contributed by atoms with Crippen molar-refractivity contribution in [1.82, 2.24) is 9.47 Å². The molecular formula is C26H25Cl2N3O3S. The lowest BCUT2D eigenvalue weighted by atomic mass is 9.94. The molecule has 0 spiro atoms. The van der Waals surface area contributed by atoms with E-state index in [1.165, 1.54) is 11.3 Å². The molecular weight excluding hydrogens is 505 g/mol. The number of rotatable bonds is 6. The summed E-state index contributed by atoms with van der Waals surface area (Å²) >= 11 is 13.6. The number of carbonyl (C=O) groups excluding carboxylic acids is 1. The first-order chi connectivity index (χ1) is 16.8. The van der Waals surface area contributed by atoms with Crippen LogP contribution in [0.15, 0.2) is 63.5 Å². The number of ether oxygens (including phenoxy) is 1. The van der Waals surface area contributed by atoms with Crippen molar-refractivity contribution in [3.63, 3.8) is 0 Å². The second-order valence-corrected chi connectivity index (χ2v) is 9.82. The zero-order chi connectivity index (χ0) is 25.3. The van der Waals surface area contributed by atoms with Gasteiger partial charge in [-0.2, -0.15) is 0 Å². The Morgan fingerprint density at radius 3 is 2.57 bits per heavy atom. The minimum atomic E-state index is -0.682. The van der Waals surface area contributed by atoms with E-state index in [-0.39, 0.29) is 11.5 Å². The van der Waals surface area contributed by atoms with Gasteiger partial charge in [-0.05, 0) is 50.6 Å². The standard InChI is InChI=1S/C26H25Cl2N3O3S/c1-5-30(6-2)25(33)22-15(3)29-26-31(23(22)18-9-7-8-10-20(18)34-4)24(32)21(35-26)13-16-11-12-17(27)14-19(16)28/h7-14,23H,5-6H2,1-4H3/b21-13+/t23-/m1/s1. The first kappa shape index (κ1) is 25.2. The third-order valence-electron chi connectivity index (χ3n) is 5.99. The highest BCUT2D eigenvalue weighted by Gasteiger charge is 2.35. The van der Waals surface area contributed by atoms with E-state index in [1.807, 2.05) is 45.0 Å². The van der Waals surface area contributed by atoms with Gasteiger partial charge in [0.15, 0.2) is 4.80 Å². The molecule has 4 rings (SSSR count). The molecule has 0 N–H and O–H groups in total. The molecule has 0 unspecified atom stereocenters. The first-order valence-corrected chi connectivity index (χ1v) is 12.8. The van der Waals surface area contributed by atoms with Crippen molar-refractivity contribution < 1.29 is 9.53 Å². The van der Waals surface area contributed by atoms with Gasteiger partial charge in [-0.3, -0.25) is 14.2 Å². The van der Waals surface area contributed by atoms with Crippen LogP contribution in [0.3, 0.4) is 0 Å². The largest absolute Gasteiger partial charge is 0.496 e. The van der Waals surface area contributed by atoms with Crippen molar-refractivity contribution in [2.75, 3.05) is 20.2 Å². The Morgan fingerprint density at radius 2 is 1.91 bits per heavy atom. The van der Waals surface area contributed by atoms with Gasteiger partial charge >= 0.3 is 0 Å². The quantitative estimate of drug-likeness (QED) is 0.474. The van der Waals surface area contributed by atoms with Gasteiger partial charge in [0, 0.05) is 28.7 Å². The number of likely N-dealkylation sites (N-methyl/N-ethyl adjacent to an activating group) is 1. The van der Waals surface area contributed by atoms with E-state index < -0.39 is 6.04 Å². The summed E-state index contributed by atoms with van der Waals surface area (Å²) in [5, 5.41) is 0.957. The molecule has 1 aliphatic heterocycles. The van der Waals surface area contributed by atoms with E-state index in [4.69, 9.17) is 27.9 Å². The topological polar surface area (TPSA) is 63.9 Å². The molecule has 182 valence electrons. The second-order valence-electron chi connectivity index (χ2n) is 7.97. The van der Waals surface area contributed by atoms with E-state index in [9.17, 15) is 9.59 Å². The van der Waals surface area contributed by atoms with Gasteiger partial charge < -0.3 is 9.64 Å². The maximum atomic E-state index is 13.8. The lowest BCUT2D eigenvalue weighted by molar-refractivity contribution is -0.127. The molecule has 3 aromatic rings. The highest BCUT2D eigenvalue weighted by molar-refractivity contribution is 7.07. The molecule has 1 amide bonds. The van der Waals surface area contributed by atoms with E-state index >= 15 is 0 Å². The Kier molecular flexibility index (Phi) is 7.50. The first-order valence-electron chi connectivity index (χ1n) is 11.2. The SMILES string of the molecule is CCN(CC)C(=O)C1=C(C)N=c2s/c(=C/c3ccc(Cl)cc3Cl)c(=O)n2[C@@H]1c1ccccc1OC. The van der Waals surface area contributed by atoms with Crippen LogP contribution in [-0.4, -0.2) is 35.6 Å². The van der Waals surface area contributed by atoms with Crippen LogP contribution >= 0.6 is 34.5 Å². The van der Waals surface area contributed by atoms with Crippen LogP contribution < -0.4 is 19.6 Å². The molecule has 9 heteroatoms. The predicted octanol–water partition coefficient (Wildman–Crippen LogP) is 4.42. The molecule has 1 atom stereocenters. The molecule has 0 bridgehead atoms. The van der Waals surface area contributed by atoms with Crippen molar-refractivity contribution in [2.24, 2.45) is 4.99 Å². The van der Waals surface area contributed by atoms with E-state index in [1.54, 1.807) is 40.9 Å². The zero-order valence-electron chi connectivity index (χ0n) is 19.8. The number of fused-ring (bicyclic) bond motifs is 1. The van der Waals surface area contributed by atoms with Crippen molar-refractivity contribution in [1.29, 1.82) is 0 Å². The van der Waals surface area contributed by atoms with Crippen molar-refractivity contribution >= 4 is 46.5 Å². The molecule has 1 aliphatic rings. The van der Waals surface area contributed by atoms with Crippen LogP contribution in [0.25, 0.3) is 6.08 Å². The van der Waals surface area contributed by atoms with Gasteiger partial charge in [0.25, 0.3) is 11.5 Å². The fourth-order valence-corrected chi connectivity index (χ4v) is 5.72. The zero-order valence-corrected chi connectivity index (χ0v) is 22.2. The summed E-state index contributed by atoms with van der Waals surface area (Å²) in [5.74, 6) is 0.439. The van der Waals surface area contributed by atoms with Crippen molar-refractivity contribution in [2.45, 2.75) is 26.8 Å². The highest BCUT2D eigenvalue weighted by Crippen LogP contribution is 2.36. The molecule has 2 aromatic carbocycles. The molecule has 35 heavy (non-hydrogen) atoms. The average Bonchev–Trinajstić information content (AvgIpc) is 3.15. The molecule has 0 saturated heterocycles. The number of aromatic nitrogens is 1. The van der Waals surface area contributed by atoms with Crippen LogP contribution in [0.1, 0.15) is 37.9 Å². The summed E-state index contributed by atoms with van der Waals surface area (Å²) < 4.78 is 7.67. The van der Waals surface area contributed by atoms with Crippen LogP contribution in [-0.2, 0) is 4.79 Å². The van der Waals surface area contributed by atoms with Crippen LogP contribution in [0, 0.1) is 0 Å². The van der Waals surface area contributed by atoms with E-state index in [0.29, 0.717) is 55.1 Å². The van der Waals surface area contributed by atoms with Gasteiger partial charge in [0.1, 0.15) is 11.8 Å². The molecule has 1 aromatic heterocycles. The Bertz CT molecular complexity index is 1500. The summed E-state index contributed by atoms with van der Waals surface area (Å²) in [6.45, 7) is 6.77. The fourth-order valence-electron chi connectivity index (χ4n) is 4.22. The lowest BCUT2D eigenvalue weighted by Crippen LogP contribution is -2.43. The number of amides is 1. The molecule has 2 heterocycles. The normalized spacial score (nSPS) is 15.6. The molecule has 0 saturated carbocycles.